The molecule has 1 aromatic rings. The highest BCUT2D eigenvalue weighted by Gasteiger charge is 2.29. The van der Waals surface area contributed by atoms with Crippen LogP contribution >= 0.6 is 22.9 Å². The largest absolute Gasteiger partial charge is 0.466 e. The topological polar surface area (TPSA) is 59.4 Å². The van der Waals surface area contributed by atoms with Crippen LogP contribution in [0.5, 0.6) is 0 Å². The zero-order valence-electron chi connectivity index (χ0n) is 9.14. The summed E-state index contributed by atoms with van der Waals surface area (Å²) in [5.74, 6) is -0.981. The van der Waals surface area contributed by atoms with Gasteiger partial charge in [0.05, 0.1) is 18.7 Å². The van der Waals surface area contributed by atoms with Gasteiger partial charge in [-0.15, -0.1) is 11.3 Å². The van der Waals surface area contributed by atoms with Crippen LogP contribution in [0.15, 0.2) is 6.20 Å². The lowest BCUT2D eigenvalue weighted by molar-refractivity contribution is -0.152. The Hall–Kier alpha value is -0.650. The van der Waals surface area contributed by atoms with Crippen LogP contribution in [0.1, 0.15) is 31.4 Å². The molecule has 0 saturated carbocycles. The van der Waals surface area contributed by atoms with Crippen LogP contribution in [-0.4, -0.2) is 22.7 Å². The zero-order valence-corrected chi connectivity index (χ0v) is 10.7. The van der Waals surface area contributed by atoms with E-state index in [1.165, 1.54) is 17.5 Å². The van der Waals surface area contributed by atoms with Gasteiger partial charge in [0.15, 0.2) is 0 Å². The first kappa shape index (κ1) is 13.4. The number of hydrogen-bond donors (Lipinski definition) is 1. The maximum atomic E-state index is 11.6. The van der Waals surface area contributed by atoms with Crippen molar-refractivity contribution in [3.63, 3.8) is 0 Å². The summed E-state index contributed by atoms with van der Waals surface area (Å²) in [5.41, 5.74) is 0. The second kappa shape index (κ2) is 6.18. The van der Waals surface area contributed by atoms with Gasteiger partial charge in [-0.05, 0) is 13.3 Å². The van der Waals surface area contributed by atoms with Crippen molar-refractivity contribution in [3.8, 4) is 0 Å². The van der Waals surface area contributed by atoms with Crippen molar-refractivity contribution in [2.45, 2.75) is 26.4 Å². The predicted molar refractivity (Wildman–Crippen MR) is 62.5 cm³/mol. The van der Waals surface area contributed by atoms with E-state index in [9.17, 15) is 9.90 Å². The van der Waals surface area contributed by atoms with Crippen LogP contribution in [-0.2, 0) is 9.53 Å². The Morgan fingerprint density at radius 3 is 2.81 bits per heavy atom. The summed E-state index contributed by atoms with van der Waals surface area (Å²) in [7, 11) is 0. The van der Waals surface area contributed by atoms with Crippen molar-refractivity contribution >= 4 is 28.9 Å². The Bertz CT molecular complexity index is 356. The van der Waals surface area contributed by atoms with Crippen molar-refractivity contribution in [2.24, 2.45) is 5.92 Å². The number of rotatable bonds is 5. The third-order valence-corrected chi connectivity index (χ3v) is 3.34. The minimum absolute atomic E-state index is 0.306. The molecule has 0 fully saturated rings. The van der Waals surface area contributed by atoms with Crippen LogP contribution < -0.4 is 0 Å². The molecule has 0 bridgehead atoms. The van der Waals surface area contributed by atoms with E-state index in [1.807, 2.05) is 6.92 Å². The molecule has 1 aromatic heterocycles. The highest BCUT2D eigenvalue weighted by Crippen LogP contribution is 2.30. The summed E-state index contributed by atoms with van der Waals surface area (Å²) >= 11 is 6.89. The average Bonchev–Trinajstić information content (AvgIpc) is 2.66. The molecule has 1 rings (SSSR count). The number of aromatic nitrogens is 1. The Kier molecular flexibility index (Phi) is 5.18. The highest BCUT2D eigenvalue weighted by molar-refractivity contribution is 7.15. The number of hydrogen-bond acceptors (Lipinski definition) is 5. The molecule has 0 saturated heterocycles. The molecule has 2 atom stereocenters. The van der Waals surface area contributed by atoms with Gasteiger partial charge >= 0.3 is 5.97 Å². The smallest absolute Gasteiger partial charge is 0.312 e. The number of ether oxygens (including phenoxy) is 1. The Balaban J connectivity index is 2.76. The van der Waals surface area contributed by atoms with Gasteiger partial charge < -0.3 is 9.84 Å². The van der Waals surface area contributed by atoms with Gasteiger partial charge in [0, 0.05) is 0 Å². The fraction of sp³-hybridized carbons (Fsp3) is 0.600. The fourth-order valence-corrected chi connectivity index (χ4v) is 2.33. The predicted octanol–water partition coefficient (Wildman–Crippen LogP) is 2.42. The molecule has 0 spiro atoms. The normalized spacial score (nSPS) is 14.5. The number of carbonyl (C=O) groups excluding carboxylic acids is 1. The first-order valence-corrected chi connectivity index (χ1v) is 6.25. The number of carbonyl (C=O) groups is 1. The standard InChI is InChI=1S/C10H14ClNO3S/c1-3-6(10(14)15-4-2)8(13)9-12-5-7(11)16-9/h5-6,8,13H,3-4H2,1-2H3. The van der Waals surface area contributed by atoms with Crippen molar-refractivity contribution in [1.29, 1.82) is 0 Å². The van der Waals surface area contributed by atoms with Crippen molar-refractivity contribution in [1.82, 2.24) is 4.98 Å². The Labute approximate surface area is 103 Å². The summed E-state index contributed by atoms with van der Waals surface area (Å²) in [6.45, 7) is 3.86. The van der Waals surface area contributed by atoms with Gasteiger partial charge in [-0.1, -0.05) is 18.5 Å². The van der Waals surface area contributed by atoms with Crippen LogP contribution in [0.4, 0.5) is 0 Å². The zero-order chi connectivity index (χ0) is 12.1. The summed E-state index contributed by atoms with van der Waals surface area (Å²) in [6, 6.07) is 0. The molecule has 6 heteroatoms. The minimum atomic E-state index is -0.943. The molecule has 0 aliphatic heterocycles. The molecule has 1 heterocycles. The number of thiazole rings is 1. The summed E-state index contributed by atoms with van der Waals surface area (Å²) in [4.78, 5) is 15.5. The molecular formula is C10H14ClNO3S. The maximum absolute atomic E-state index is 11.6. The van der Waals surface area contributed by atoms with E-state index in [4.69, 9.17) is 16.3 Å². The lowest BCUT2D eigenvalue weighted by Gasteiger charge is -2.17. The van der Waals surface area contributed by atoms with Crippen LogP contribution in [0.2, 0.25) is 4.34 Å². The molecule has 0 radical (unpaired) electrons. The van der Waals surface area contributed by atoms with Crippen molar-refractivity contribution < 1.29 is 14.6 Å². The molecule has 4 nitrogen and oxygen atoms in total. The van der Waals surface area contributed by atoms with Crippen molar-refractivity contribution in [3.05, 3.63) is 15.5 Å². The Morgan fingerprint density at radius 2 is 2.38 bits per heavy atom. The Morgan fingerprint density at radius 1 is 1.69 bits per heavy atom. The van der Waals surface area contributed by atoms with E-state index in [1.54, 1.807) is 6.92 Å². The molecule has 0 amide bonds. The van der Waals surface area contributed by atoms with E-state index >= 15 is 0 Å². The summed E-state index contributed by atoms with van der Waals surface area (Å²) in [5, 5.41) is 10.4. The van der Waals surface area contributed by atoms with Gasteiger partial charge in [-0.3, -0.25) is 4.79 Å². The van der Waals surface area contributed by atoms with E-state index in [0.29, 0.717) is 22.4 Å². The monoisotopic (exact) mass is 263 g/mol. The van der Waals surface area contributed by atoms with Gasteiger partial charge in [-0.25, -0.2) is 4.98 Å². The number of nitrogens with zero attached hydrogens (tertiary/aromatic N) is 1. The van der Waals surface area contributed by atoms with Crippen LogP contribution in [0, 0.1) is 5.92 Å². The van der Waals surface area contributed by atoms with Gasteiger partial charge in [0.25, 0.3) is 0 Å². The summed E-state index contributed by atoms with van der Waals surface area (Å²) in [6.07, 6.45) is 1.02. The lowest BCUT2D eigenvalue weighted by Crippen LogP contribution is -2.23. The third-order valence-electron chi connectivity index (χ3n) is 2.16. The van der Waals surface area contributed by atoms with Gasteiger partial charge in [-0.2, -0.15) is 0 Å². The molecule has 16 heavy (non-hydrogen) atoms. The lowest BCUT2D eigenvalue weighted by atomic mass is 10.0. The third kappa shape index (κ3) is 3.17. The molecule has 0 aromatic carbocycles. The van der Waals surface area contributed by atoms with E-state index in [0.717, 1.165) is 0 Å². The number of halogens is 1. The highest BCUT2D eigenvalue weighted by atomic mass is 35.5. The van der Waals surface area contributed by atoms with E-state index in [-0.39, 0.29) is 0 Å². The number of esters is 1. The second-order valence-corrected chi connectivity index (χ2v) is 4.91. The molecule has 2 unspecified atom stereocenters. The molecule has 0 aliphatic rings. The van der Waals surface area contributed by atoms with Gasteiger partial charge in [0.2, 0.25) is 0 Å². The molecule has 0 aliphatic carbocycles. The first-order chi connectivity index (χ1) is 7.60. The van der Waals surface area contributed by atoms with E-state index in [2.05, 4.69) is 4.98 Å². The average molecular weight is 264 g/mol. The molecule has 90 valence electrons. The fourth-order valence-electron chi connectivity index (χ4n) is 1.34. The molecular weight excluding hydrogens is 250 g/mol. The molecule has 1 N–H and O–H groups in total. The summed E-state index contributed by atoms with van der Waals surface area (Å²) < 4.78 is 5.38. The first-order valence-electron chi connectivity index (χ1n) is 5.06. The second-order valence-electron chi connectivity index (χ2n) is 3.21. The van der Waals surface area contributed by atoms with Crippen molar-refractivity contribution in [2.75, 3.05) is 6.61 Å². The maximum Gasteiger partial charge on any atom is 0.312 e. The SMILES string of the molecule is CCOC(=O)C(CC)C(O)c1ncc(Cl)s1. The number of aliphatic hydroxyl groups is 1. The van der Waals surface area contributed by atoms with Crippen LogP contribution in [0.3, 0.4) is 0 Å². The number of aliphatic hydroxyl groups excluding tert-OH is 1. The minimum Gasteiger partial charge on any atom is -0.466 e. The van der Waals surface area contributed by atoms with Crippen LogP contribution in [0.25, 0.3) is 0 Å². The quantitative estimate of drug-likeness (QED) is 0.829. The van der Waals surface area contributed by atoms with E-state index < -0.39 is 18.0 Å². The van der Waals surface area contributed by atoms with Gasteiger partial charge in [0.1, 0.15) is 15.4 Å².